The van der Waals surface area contributed by atoms with Crippen molar-refractivity contribution in [1.82, 2.24) is 5.01 Å². The lowest BCUT2D eigenvalue weighted by Crippen LogP contribution is -2.63. The van der Waals surface area contributed by atoms with Crippen LogP contribution in [0.2, 0.25) is 0 Å². The minimum atomic E-state index is -0.834. The number of amides is 2. The van der Waals surface area contributed by atoms with E-state index in [1.807, 2.05) is 51.1 Å². The summed E-state index contributed by atoms with van der Waals surface area (Å²) in [5, 5.41) is 5.32. The first-order valence-electron chi connectivity index (χ1n) is 7.12. The number of carbonyl (C=O) groups is 2. The van der Waals surface area contributed by atoms with Crippen molar-refractivity contribution in [2.45, 2.75) is 40.0 Å². The van der Waals surface area contributed by atoms with Gasteiger partial charge in [-0.3, -0.25) is 9.59 Å². The monoisotopic (exact) mass is 272 g/mol. The number of imide groups is 1. The van der Waals surface area contributed by atoms with Crippen LogP contribution in [0.4, 0.5) is 0 Å². The molecule has 20 heavy (non-hydrogen) atoms. The summed E-state index contributed by atoms with van der Waals surface area (Å²) < 4.78 is 0. The smallest absolute Gasteiger partial charge is 0.265 e. The predicted octanol–water partition coefficient (Wildman–Crippen LogP) is 2.98. The molecule has 4 heteroatoms. The van der Waals surface area contributed by atoms with Crippen molar-refractivity contribution in [3.8, 4) is 0 Å². The maximum Gasteiger partial charge on any atom is 0.265 e. The van der Waals surface area contributed by atoms with Crippen LogP contribution >= 0.6 is 0 Å². The fraction of sp³-hybridized carbons (Fsp3) is 0.438. The molecule has 0 aromatic heterocycles. The molecule has 4 nitrogen and oxygen atoms in total. The van der Waals surface area contributed by atoms with E-state index in [4.69, 9.17) is 0 Å². The fourth-order valence-electron chi connectivity index (χ4n) is 2.57. The molecule has 2 amide bonds. The van der Waals surface area contributed by atoms with Gasteiger partial charge in [-0.25, -0.2) is 0 Å². The molecule has 0 atom stereocenters. The number of benzene rings is 1. The molecule has 0 unspecified atom stereocenters. The maximum atomic E-state index is 12.2. The zero-order valence-electron chi connectivity index (χ0n) is 12.2. The largest absolute Gasteiger partial charge is 0.271 e. The Balaban J connectivity index is 2.28. The molecule has 106 valence electrons. The molecule has 1 aliphatic rings. The van der Waals surface area contributed by atoms with Gasteiger partial charge >= 0.3 is 0 Å². The number of carbonyl (C=O) groups excluding carboxylic acids is 2. The van der Waals surface area contributed by atoms with E-state index in [1.54, 1.807) is 0 Å². The minimum Gasteiger partial charge on any atom is -0.271 e. The molecule has 0 spiro atoms. The van der Waals surface area contributed by atoms with Gasteiger partial charge in [0.2, 0.25) is 0 Å². The van der Waals surface area contributed by atoms with Crippen molar-refractivity contribution in [2.75, 3.05) is 0 Å². The number of rotatable bonds is 5. The van der Waals surface area contributed by atoms with Crippen molar-refractivity contribution in [1.29, 1.82) is 0 Å². The van der Waals surface area contributed by atoms with Gasteiger partial charge < -0.3 is 0 Å². The third-order valence-corrected chi connectivity index (χ3v) is 4.07. The minimum absolute atomic E-state index is 0.172. The zero-order valence-corrected chi connectivity index (χ0v) is 12.2. The summed E-state index contributed by atoms with van der Waals surface area (Å²) in [6.07, 6.45) is 1.76. The van der Waals surface area contributed by atoms with Gasteiger partial charge in [0.05, 0.1) is 5.71 Å². The molecule has 0 radical (unpaired) electrons. The first kappa shape index (κ1) is 14.4. The predicted molar refractivity (Wildman–Crippen MR) is 78.1 cm³/mol. The lowest BCUT2D eigenvalue weighted by atomic mass is 9.74. The first-order chi connectivity index (χ1) is 9.60. The molecular weight excluding hydrogens is 252 g/mol. The lowest BCUT2D eigenvalue weighted by Gasteiger charge is -2.42. The van der Waals surface area contributed by atoms with Crippen LogP contribution in [0.25, 0.3) is 0 Å². The molecule has 0 aliphatic carbocycles. The van der Waals surface area contributed by atoms with E-state index in [2.05, 4.69) is 5.10 Å². The summed E-state index contributed by atoms with van der Waals surface area (Å²) in [5.41, 5.74) is 0.869. The highest BCUT2D eigenvalue weighted by atomic mass is 16.2. The third-order valence-electron chi connectivity index (χ3n) is 4.07. The second-order valence-electron chi connectivity index (χ2n) is 4.98. The molecule has 2 rings (SSSR count). The van der Waals surface area contributed by atoms with Crippen LogP contribution in [0.3, 0.4) is 0 Å². The molecule has 1 fully saturated rings. The number of hydrazone groups is 1. The normalized spacial score (nSPS) is 18.1. The van der Waals surface area contributed by atoms with Crippen molar-refractivity contribution in [3.63, 3.8) is 0 Å². The van der Waals surface area contributed by atoms with Gasteiger partial charge in [-0.1, -0.05) is 51.1 Å². The van der Waals surface area contributed by atoms with Gasteiger partial charge in [-0.15, -0.1) is 0 Å². The summed E-state index contributed by atoms with van der Waals surface area (Å²) in [5.74, 6) is -0.344. The Labute approximate surface area is 119 Å². The van der Waals surface area contributed by atoms with E-state index >= 15 is 0 Å². The summed E-state index contributed by atoms with van der Waals surface area (Å²) in [7, 11) is 0. The quantitative estimate of drug-likeness (QED) is 0.470. The van der Waals surface area contributed by atoms with Crippen molar-refractivity contribution < 1.29 is 9.59 Å². The van der Waals surface area contributed by atoms with Crippen molar-refractivity contribution in [2.24, 2.45) is 10.5 Å². The van der Waals surface area contributed by atoms with Crippen molar-refractivity contribution >= 4 is 17.5 Å². The molecular formula is C16H20N2O2. The summed E-state index contributed by atoms with van der Waals surface area (Å²) in [6.45, 7) is 5.71. The van der Waals surface area contributed by atoms with Gasteiger partial charge in [0.1, 0.15) is 5.41 Å². The highest BCUT2D eigenvalue weighted by molar-refractivity contribution is 6.22. The van der Waals surface area contributed by atoms with E-state index in [-0.39, 0.29) is 11.8 Å². The molecule has 0 bridgehead atoms. The Bertz CT molecular complexity index is 527. The Morgan fingerprint density at radius 2 is 1.60 bits per heavy atom. The van der Waals surface area contributed by atoms with Gasteiger partial charge in [0.15, 0.2) is 0 Å². The number of hydrogen-bond donors (Lipinski definition) is 0. The van der Waals surface area contributed by atoms with E-state index in [0.717, 1.165) is 16.3 Å². The van der Waals surface area contributed by atoms with Crippen LogP contribution < -0.4 is 0 Å². The van der Waals surface area contributed by atoms with Crippen LogP contribution in [0.15, 0.2) is 35.4 Å². The number of β-lactam (4-membered cyclic amide) rings is 2. The molecule has 0 saturated carbocycles. The van der Waals surface area contributed by atoms with Crippen LogP contribution in [-0.2, 0) is 9.59 Å². The molecule has 1 aromatic rings. The fourth-order valence-corrected chi connectivity index (χ4v) is 2.57. The average Bonchev–Trinajstić information content (AvgIpc) is 2.50. The highest BCUT2D eigenvalue weighted by Gasteiger charge is 2.59. The van der Waals surface area contributed by atoms with Crippen LogP contribution in [0, 0.1) is 5.41 Å². The third kappa shape index (κ3) is 2.05. The van der Waals surface area contributed by atoms with Gasteiger partial charge in [-0.2, -0.15) is 10.1 Å². The lowest BCUT2D eigenvalue weighted by molar-refractivity contribution is -0.177. The van der Waals surface area contributed by atoms with Crippen molar-refractivity contribution in [3.05, 3.63) is 35.9 Å². The number of nitrogens with zero attached hydrogens (tertiary/aromatic N) is 2. The Hall–Kier alpha value is -1.97. The zero-order chi connectivity index (χ0) is 14.8. The standard InChI is InChI=1S/C16H20N2O2/c1-4-13(12-10-8-7-9-11-12)17-18-14(19)16(5-2,6-3)15(18)20/h7-11H,4-6H2,1-3H3/b17-13+. The Morgan fingerprint density at radius 3 is 2.05 bits per heavy atom. The topological polar surface area (TPSA) is 49.7 Å². The van der Waals surface area contributed by atoms with Gasteiger partial charge in [-0.05, 0) is 24.8 Å². The Kier molecular flexibility index (Phi) is 4.02. The maximum absolute atomic E-state index is 12.2. The molecule has 1 heterocycles. The van der Waals surface area contributed by atoms with E-state index in [9.17, 15) is 9.59 Å². The van der Waals surface area contributed by atoms with Gasteiger partial charge in [0.25, 0.3) is 11.8 Å². The SMILES string of the molecule is CC/C(=N\N1C(=O)C(CC)(CC)C1=O)c1ccccc1. The summed E-state index contributed by atoms with van der Waals surface area (Å²) in [6, 6.07) is 9.63. The molecule has 1 saturated heterocycles. The molecule has 1 aromatic carbocycles. The number of hydrogen-bond acceptors (Lipinski definition) is 3. The Morgan fingerprint density at radius 1 is 1.05 bits per heavy atom. The first-order valence-corrected chi connectivity index (χ1v) is 7.12. The summed E-state index contributed by atoms with van der Waals surface area (Å²) >= 11 is 0. The molecule has 1 aliphatic heterocycles. The van der Waals surface area contributed by atoms with E-state index in [0.29, 0.717) is 19.3 Å². The van der Waals surface area contributed by atoms with E-state index < -0.39 is 5.41 Å². The molecule has 0 N–H and O–H groups in total. The average molecular weight is 272 g/mol. The van der Waals surface area contributed by atoms with E-state index in [1.165, 1.54) is 0 Å². The van der Waals surface area contributed by atoms with Crippen LogP contribution in [-0.4, -0.2) is 22.5 Å². The van der Waals surface area contributed by atoms with Gasteiger partial charge in [0, 0.05) is 0 Å². The highest BCUT2D eigenvalue weighted by Crippen LogP contribution is 2.40. The van der Waals surface area contributed by atoms with Crippen LogP contribution in [0.5, 0.6) is 0 Å². The second-order valence-corrected chi connectivity index (χ2v) is 4.98. The van der Waals surface area contributed by atoms with Crippen LogP contribution in [0.1, 0.15) is 45.6 Å². The second kappa shape index (κ2) is 5.57. The summed E-state index contributed by atoms with van der Waals surface area (Å²) in [4.78, 5) is 24.5.